The van der Waals surface area contributed by atoms with Crippen molar-refractivity contribution >= 4 is 17.9 Å². The molecule has 0 unspecified atom stereocenters. The molecule has 0 atom stereocenters. The number of nitro benzene ring substituents is 1. The zero-order chi connectivity index (χ0) is 11.3. The number of para-hydroxylation sites is 1. The molecule has 1 amide bonds. The third-order valence-corrected chi connectivity index (χ3v) is 1.60. The molecule has 0 saturated heterocycles. The number of nitrogens with one attached hydrogen (secondary N) is 1. The average molecular weight is 209 g/mol. The summed E-state index contributed by atoms with van der Waals surface area (Å²) in [4.78, 5) is 21.2. The first-order chi connectivity index (χ1) is 7.16. The Morgan fingerprint density at radius 3 is 2.80 bits per heavy atom. The summed E-state index contributed by atoms with van der Waals surface area (Å²) in [6.45, 7) is 0. The fourth-order valence-corrected chi connectivity index (χ4v) is 0.990. The molecule has 78 valence electrons. The SMILES string of the molecule is O=C(NC=NO)c1ccccc1[N+](=O)[O-]. The Hall–Kier alpha value is -2.44. The van der Waals surface area contributed by atoms with Crippen LogP contribution >= 0.6 is 0 Å². The molecular weight excluding hydrogens is 202 g/mol. The van der Waals surface area contributed by atoms with Crippen LogP contribution in [0.2, 0.25) is 0 Å². The molecule has 0 saturated carbocycles. The minimum absolute atomic E-state index is 0.0950. The van der Waals surface area contributed by atoms with Gasteiger partial charge in [0.05, 0.1) is 4.92 Å². The number of benzene rings is 1. The summed E-state index contributed by atoms with van der Waals surface area (Å²) in [5.74, 6) is -0.708. The lowest BCUT2D eigenvalue weighted by Gasteiger charge is -1.99. The summed E-state index contributed by atoms with van der Waals surface area (Å²) < 4.78 is 0. The molecule has 0 aromatic heterocycles. The van der Waals surface area contributed by atoms with E-state index in [2.05, 4.69) is 10.5 Å². The van der Waals surface area contributed by atoms with Crippen LogP contribution in [0.25, 0.3) is 0 Å². The fraction of sp³-hybridized carbons (Fsp3) is 0. The molecule has 0 aliphatic rings. The van der Waals surface area contributed by atoms with Crippen molar-refractivity contribution in [3.8, 4) is 0 Å². The smallest absolute Gasteiger partial charge is 0.282 e. The van der Waals surface area contributed by atoms with Gasteiger partial charge in [-0.05, 0) is 6.07 Å². The Balaban J connectivity index is 3.02. The fourth-order valence-electron chi connectivity index (χ4n) is 0.990. The number of amides is 1. The van der Waals surface area contributed by atoms with Gasteiger partial charge < -0.3 is 10.5 Å². The van der Waals surface area contributed by atoms with Crippen LogP contribution in [0.15, 0.2) is 29.4 Å². The van der Waals surface area contributed by atoms with E-state index in [-0.39, 0.29) is 11.3 Å². The van der Waals surface area contributed by atoms with Crippen LogP contribution in [0.4, 0.5) is 5.69 Å². The van der Waals surface area contributed by atoms with Crippen LogP contribution in [-0.4, -0.2) is 22.4 Å². The Labute approximate surface area is 84.2 Å². The van der Waals surface area contributed by atoms with E-state index in [1.807, 2.05) is 0 Å². The lowest BCUT2D eigenvalue weighted by molar-refractivity contribution is -0.385. The quantitative estimate of drug-likeness (QED) is 0.252. The number of hydrogen-bond acceptors (Lipinski definition) is 5. The van der Waals surface area contributed by atoms with Crippen molar-refractivity contribution in [1.29, 1.82) is 0 Å². The van der Waals surface area contributed by atoms with Crippen LogP contribution in [0, 0.1) is 10.1 Å². The number of nitro groups is 1. The number of oxime groups is 1. The second-order valence-corrected chi connectivity index (χ2v) is 2.49. The molecule has 1 rings (SSSR count). The van der Waals surface area contributed by atoms with Crippen molar-refractivity contribution in [2.24, 2.45) is 5.16 Å². The van der Waals surface area contributed by atoms with Gasteiger partial charge in [-0.25, -0.2) is 0 Å². The first kappa shape index (κ1) is 10.6. The van der Waals surface area contributed by atoms with E-state index >= 15 is 0 Å². The van der Waals surface area contributed by atoms with E-state index in [0.29, 0.717) is 0 Å². The van der Waals surface area contributed by atoms with Gasteiger partial charge in [0.1, 0.15) is 11.9 Å². The number of carbonyl (C=O) groups excluding carboxylic acids is 1. The zero-order valence-corrected chi connectivity index (χ0v) is 7.45. The van der Waals surface area contributed by atoms with Crippen LogP contribution in [0.5, 0.6) is 0 Å². The van der Waals surface area contributed by atoms with E-state index in [9.17, 15) is 14.9 Å². The second-order valence-electron chi connectivity index (χ2n) is 2.49. The lowest BCUT2D eigenvalue weighted by Crippen LogP contribution is -2.22. The summed E-state index contributed by atoms with van der Waals surface area (Å²) in [6, 6.07) is 5.47. The average Bonchev–Trinajstić information content (AvgIpc) is 2.25. The molecule has 0 aliphatic heterocycles. The van der Waals surface area contributed by atoms with Crippen molar-refractivity contribution in [3.05, 3.63) is 39.9 Å². The number of carbonyl (C=O) groups is 1. The summed E-state index contributed by atoms with van der Waals surface area (Å²) >= 11 is 0. The first-order valence-corrected chi connectivity index (χ1v) is 3.87. The molecule has 0 heterocycles. The predicted molar refractivity (Wildman–Crippen MR) is 50.8 cm³/mol. The normalized spacial score (nSPS) is 10.1. The Bertz CT molecular complexity index is 416. The Morgan fingerprint density at radius 1 is 1.53 bits per heavy atom. The Kier molecular flexibility index (Phi) is 3.33. The third kappa shape index (κ3) is 2.50. The van der Waals surface area contributed by atoms with Gasteiger partial charge in [-0.1, -0.05) is 17.3 Å². The monoisotopic (exact) mass is 209 g/mol. The minimum Gasteiger partial charge on any atom is -0.410 e. The predicted octanol–water partition coefficient (Wildman–Crippen LogP) is 0.742. The maximum Gasteiger partial charge on any atom is 0.282 e. The highest BCUT2D eigenvalue weighted by Crippen LogP contribution is 2.16. The van der Waals surface area contributed by atoms with Crippen molar-refractivity contribution in [2.45, 2.75) is 0 Å². The van der Waals surface area contributed by atoms with Crippen LogP contribution in [0.1, 0.15) is 10.4 Å². The number of rotatable bonds is 3. The molecule has 0 bridgehead atoms. The van der Waals surface area contributed by atoms with Crippen LogP contribution in [0.3, 0.4) is 0 Å². The van der Waals surface area contributed by atoms with E-state index in [4.69, 9.17) is 5.21 Å². The number of hydrogen-bond donors (Lipinski definition) is 2. The summed E-state index contributed by atoms with van der Waals surface area (Å²) in [5, 5.41) is 23.2. The molecule has 1 aromatic rings. The molecule has 0 radical (unpaired) electrons. The van der Waals surface area contributed by atoms with Crippen molar-refractivity contribution < 1.29 is 14.9 Å². The second kappa shape index (κ2) is 4.70. The molecule has 2 N–H and O–H groups in total. The maximum atomic E-state index is 11.3. The van der Waals surface area contributed by atoms with Crippen molar-refractivity contribution in [3.63, 3.8) is 0 Å². The van der Waals surface area contributed by atoms with E-state index in [1.54, 1.807) is 0 Å². The first-order valence-electron chi connectivity index (χ1n) is 3.87. The topological polar surface area (TPSA) is 105 Å². The lowest BCUT2D eigenvalue weighted by atomic mass is 10.2. The summed E-state index contributed by atoms with van der Waals surface area (Å²) in [5.41, 5.74) is -0.399. The third-order valence-electron chi connectivity index (χ3n) is 1.60. The standard InChI is InChI=1S/C8H7N3O4/c12-8(9-5-10-13)6-3-1-2-4-7(6)11(14)15/h1-5,13H,(H,9,10,12). The van der Waals surface area contributed by atoms with Crippen LogP contribution in [-0.2, 0) is 0 Å². The van der Waals surface area contributed by atoms with Gasteiger partial charge >= 0.3 is 0 Å². The molecule has 1 aromatic carbocycles. The van der Waals surface area contributed by atoms with Gasteiger partial charge in [0, 0.05) is 6.07 Å². The molecule has 15 heavy (non-hydrogen) atoms. The van der Waals surface area contributed by atoms with E-state index in [0.717, 1.165) is 6.34 Å². The van der Waals surface area contributed by atoms with Crippen LogP contribution < -0.4 is 5.32 Å². The minimum atomic E-state index is -0.708. The van der Waals surface area contributed by atoms with Gasteiger partial charge in [0.15, 0.2) is 0 Å². The molecule has 7 nitrogen and oxygen atoms in total. The highest BCUT2D eigenvalue weighted by molar-refractivity contribution is 6.03. The molecule has 0 spiro atoms. The highest BCUT2D eigenvalue weighted by atomic mass is 16.6. The largest absolute Gasteiger partial charge is 0.410 e. The number of nitrogens with zero attached hydrogens (tertiary/aromatic N) is 2. The molecular formula is C8H7N3O4. The molecule has 0 fully saturated rings. The van der Waals surface area contributed by atoms with Gasteiger partial charge in [-0.3, -0.25) is 14.9 Å². The zero-order valence-electron chi connectivity index (χ0n) is 7.45. The van der Waals surface area contributed by atoms with Crippen molar-refractivity contribution in [2.75, 3.05) is 0 Å². The van der Waals surface area contributed by atoms with Gasteiger partial charge in [0.25, 0.3) is 11.6 Å². The van der Waals surface area contributed by atoms with E-state index < -0.39 is 10.8 Å². The summed E-state index contributed by atoms with van der Waals surface area (Å²) in [7, 11) is 0. The maximum absolute atomic E-state index is 11.3. The Morgan fingerprint density at radius 2 is 2.20 bits per heavy atom. The van der Waals surface area contributed by atoms with E-state index in [1.165, 1.54) is 24.3 Å². The molecule has 7 heteroatoms. The van der Waals surface area contributed by atoms with Gasteiger partial charge in [0.2, 0.25) is 0 Å². The highest BCUT2D eigenvalue weighted by Gasteiger charge is 2.17. The van der Waals surface area contributed by atoms with Gasteiger partial charge in [-0.2, -0.15) is 0 Å². The molecule has 0 aliphatic carbocycles. The van der Waals surface area contributed by atoms with Gasteiger partial charge in [-0.15, -0.1) is 0 Å². The van der Waals surface area contributed by atoms with Crippen molar-refractivity contribution in [1.82, 2.24) is 5.32 Å². The summed E-state index contributed by atoms with van der Waals surface area (Å²) in [6.07, 6.45) is 0.735.